The van der Waals surface area contributed by atoms with Crippen molar-refractivity contribution in [1.29, 1.82) is 0 Å². The first-order valence-electron chi connectivity index (χ1n) is 3.64. The van der Waals surface area contributed by atoms with Crippen LogP contribution in [0.3, 0.4) is 0 Å². The molecule has 1 aliphatic rings. The number of aliphatic imine (C=N–C) groups is 1. The van der Waals surface area contributed by atoms with Gasteiger partial charge >= 0.3 is 0 Å². The van der Waals surface area contributed by atoms with Gasteiger partial charge < -0.3 is 11.1 Å². The van der Waals surface area contributed by atoms with E-state index in [1.165, 1.54) is 0 Å². The maximum absolute atomic E-state index is 5.66. The number of nitrogens with two attached hydrogens (primary N) is 1. The standard InChI is InChI=1S/C7H9N5/c1-4-2-9-5-6(8)10-3-11-7(5)12-4/h2-3,6H,8H2,1H3,(H,10,11,12). The second-order valence-corrected chi connectivity index (χ2v) is 2.61. The first-order valence-corrected chi connectivity index (χ1v) is 3.64. The number of hydrogen-bond donors (Lipinski definition) is 2. The Bertz CT molecular complexity index is 333. The summed E-state index contributed by atoms with van der Waals surface area (Å²) in [5.41, 5.74) is 7.22. The minimum absolute atomic E-state index is 0.380. The Morgan fingerprint density at radius 2 is 2.42 bits per heavy atom. The summed E-state index contributed by atoms with van der Waals surface area (Å²) in [6.45, 7) is 1.88. The molecule has 0 radical (unpaired) electrons. The molecule has 1 aliphatic heterocycles. The van der Waals surface area contributed by atoms with Crippen molar-refractivity contribution in [3.05, 3.63) is 17.6 Å². The number of nitrogens with one attached hydrogen (secondary N) is 1. The van der Waals surface area contributed by atoms with E-state index in [1.54, 1.807) is 12.5 Å². The van der Waals surface area contributed by atoms with E-state index in [1.807, 2.05) is 6.92 Å². The number of hydrogen-bond acceptors (Lipinski definition) is 5. The van der Waals surface area contributed by atoms with Gasteiger partial charge in [-0.05, 0) is 6.92 Å². The van der Waals surface area contributed by atoms with Crippen LogP contribution in [0, 0.1) is 6.92 Å². The van der Waals surface area contributed by atoms with E-state index in [0.29, 0.717) is 11.5 Å². The fraction of sp³-hybridized carbons (Fsp3) is 0.286. The highest BCUT2D eigenvalue weighted by atomic mass is 15.1. The van der Waals surface area contributed by atoms with E-state index in [9.17, 15) is 0 Å². The maximum atomic E-state index is 5.66. The molecule has 1 aromatic rings. The molecular weight excluding hydrogens is 154 g/mol. The number of fused-ring (bicyclic) bond motifs is 1. The smallest absolute Gasteiger partial charge is 0.156 e. The monoisotopic (exact) mass is 163 g/mol. The zero-order valence-electron chi connectivity index (χ0n) is 6.65. The number of anilines is 1. The van der Waals surface area contributed by atoms with Gasteiger partial charge in [0, 0.05) is 6.20 Å². The normalized spacial score (nSPS) is 20.0. The zero-order valence-corrected chi connectivity index (χ0v) is 6.65. The SMILES string of the molecule is Cc1cnc2c(n1)NC=NC2N. The van der Waals surface area contributed by atoms with Crippen molar-refractivity contribution in [1.82, 2.24) is 9.97 Å². The summed E-state index contributed by atoms with van der Waals surface area (Å²) in [5, 5.41) is 2.89. The molecule has 0 aliphatic carbocycles. The molecule has 0 bridgehead atoms. The molecule has 0 fully saturated rings. The van der Waals surface area contributed by atoms with Crippen LogP contribution < -0.4 is 11.1 Å². The van der Waals surface area contributed by atoms with Crippen LogP contribution in [0.4, 0.5) is 5.82 Å². The lowest BCUT2D eigenvalue weighted by Crippen LogP contribution is -2.19. The van der Waals surface area contributed by atoms with Crippen LogP contribution in [0.2, 0.25) is 0 Å². The molecule has 0 spiro atoms. The second-order valence-electron chi connectivity index (χ2n) is 2.61. The third-order valence-electron chi connectivity index (χ3n) is 1.64. The van der Waals surface area contributed by atoms with Crippen LogP contribution in [0.1, 0.15) is 17.6 Å². The van der Waals surface area contributed by atoms with Gasteiger partial charge in [0.25, 0.3) is 0 Å². The Kier molecular flexibility index (Phi) is 1.51. The Morgan fingerprint density at radius 3 is 3.25 bits per heavy atom. The van der Waals surface area contributed by atoms with Gasteiger partial charge in [-0.1, -0.05) is 0 Å². The van der Waals surface area contributed by atoms with E-state index in [2.05, 4.69) is 20.3 Å². The van der Waals surface area contributed by atoms with Gasteiger partial charge in [0.05, 0.1) is 12.0 Å². The molecular formula is C7H9N5. The summed E-state index contributed by atoms with van der Waals surface area (Å²) in [6.07, 6.45) is 2.84. The van der Waals surface area contributed by atoms with Crippen molar-refractivity contribution in [3.63, 3.8) is 0 Å². The molecule has 0 saturated heterocycles. The topological polar surface area (TPSA) is 76.2 Å². The third-order valence-corrected chi connectivity index (χ3v) is 1.64. The Labute approximate surface area is 69.7 Å². The van der Waals surface area contributed by atoms with Gasteiger partial charge in [-0.25, -0.2) is 4.98 Å². The summed E-state index contributed by atoms with van der Waals surface area (Å²) in [5.74, 6) is 0.706. The van der Waals surface area contributed by atoms with Gasteiger partial charge in [-0.3, -0.25) is 9.98 Å². The van der Waals surface area contributed by atoms with Crippen LogP contribution >= 0.6 is 0 Å². The summed E-state index contributed by atoms with van der Waals surface area (Å²) in [6, 6.07) is 0. The molecule has 5 nitrogen and oxygen atoms in total. The Hall–Kier alpha value is -1.49. The lowest BCUT2D eigenvalue weighted by molar-refractivity contribution is 0.733. The molecule has 12 heavy (non-hydrogen) atoms. The number of rotatable bonds is 0. The molecule has 1 aromatic heterocycles. The zero-order chi connectivity index (χ0) is 8.55. The first kappa shape index (κ1) is 7.17. The largest absolute Gasteiger partial charge is 0.330 e. The molecule has 1 unspecified atom stereocenters. The van der Waals surface area contributed by atoms with E-state index in [-0.39, 0.29) is 6.17 Å². The molecule has 2 rings (SSSR count). The van der Waals surface area contributed by atoms with Crippen molar-refractivity contribution in [2.45, 2.75) is 13.1 Å². The maximum Gasteiger partial charge on any atom is 0.156 e. The van der Waals surface area contributed by atoms with Crippen LogP contribution in [-0.4, -0.2) is 16.3 Å². The summed E-state index contributed by atoms with van der Waals surface area (Å²) >= 11 is 0. The lowest BCUT2D eigenvalue weighted by Gasteiger charge is -2.15. The molecule has 3 N–H and O–H groups in total. The van der Waals surface area contributed by atoms with Crippen LogP contribution in [-0.2, 0) is 0 Å². The molecule has 0 saturated carbocycles. The quantitative estimate of drug-likeness (QED) is 0.572. The van der Waals surface area contributed by atoms with Crippen LogP contribution in [0.5, 0.6) is 0 Å². The summed E-state index contributed by atoms with van der Waals surface area (Å²) in [7, 11) is 0. The average molecular weight is 163 g/mol. The molecule has 0 aromatic carbocycles. The molecule has 0 amide bonds. The van der Waals surface area contributed by atoms with Gasteiger partial charge in [0.15, 0.2) is 5.82 Å². The number of aryl methyl sites for hydroxylation is 1. The fourth-order valence-corrected chi connectivity index (χ4v) is 1.06. The van der Waals surface area contributed by atoms with Crippen molar-refractivity contribution < 1.29 is 0 Å². The second kappa shape index (κ2) is 2.53. The lowest BCUT2D eigenvalue weighted by atomic mass is 10.3. The highest BCUT2D eigenvalue weighted by Crippen LogP contribution is 2.19. The minimum atomic E-state index is -0.380. The van der Waals surface area contributed by atoms with Gasteiger partial charge in [0.2, 0.25) is 0 Å². The van der Waals surface area contributed by atoms with E-state index < -0.39 is 0 Å². The van der Waals surface area contributed by atoms with E-state index in [0.717, 1.165) is 5.69 Å². The Morgan fingerprint density at radius 1 is 1.58 bits per heavy atom. The fourth-order valence-electron chi connectivity index (χ4n) is 1.06. The highest BCUT2D eigenvalue weighted by Gasteiger charge is 2.15. The van der Waals surface area contributed by atoms with Crippen molar-refractivity contribution in [2.75, 3.05) is 5.32 Å². The highest BCUT2D eigenvalue weighted by molar-refractivity contribution is 5.77. The first-order chi connectivity index (χ1) is 5.77. The predicted molar refractivity (Wildman–Crippen MR) is 45.8 cm³/mol. The van der Waals surface area contributed by atoms with E-state index in [4.69, 9.17) is 5.73 Å². The van der Waals surface area contributed by atoms with Gasteiger partial charge in [-0.15, -0.1) is 0 Å². The molecule has 2 heterocycles. The van der Waals surface area contributed by atoms with Crippen LogP contribution in [0.25, 0.3) is 0 Å². The van der Waals surface area contributed by atoms with Crippen molar-refractivity contribution >= 4 is 12.2 Å². The summed E-state index contributed by atoms with van der Waals surface area (Å²) in [4.78, 5) is 12.3. The Balaban J connectivity index is 2.51. The molecule has 1 atom stereocenters. The number of nitrogens with zero attached hydrogens (tertiary/aromatic N) is 3. The minimum Gasteiger partial charge on any atom is -0.330 e. The molecule has 62 valence electrons. The summed E-state index contributed by atoms with van der Waals surface area (Å²) < 4.78 is 0. The van der Waals surface area contributed by atoms with Gasteiger partial charge in [0.1, 0.15) is 11.9 Å². The van der Waals surface area contributed by atoms with Gasteiger partial charge in [-0.2, -0.15) is 0 Å². The van der Waals surface area contributed by atoms with E-state index >= 15 is 0 Å². The van der Waals surface area contributed by atoms with Crippen molar-refractivity contribution in [2.24, 2.45) is 10.7 Å². The molecule has 5 heteroatoms. The third kappa shape index (κ3) is 1.04. The average Bonchev–Trinajstić information content (AvgIpc) is 2.04. The van der Waals surface area contributed by atoms with Crippen molar-refractivity contribution in [3.8, 4) is 0 Å². The number of aromatic nitrogens is 2. The van der Waals surface area contributed by atoms with Crippen LogP contribution in [0.15, 0.2) is 11.2 Å². The predicted octanol–water partition coefficient (Wildman–Crippen LogP) is 0.196.